The van der Waals surface area contributed by atoms with Crippen LogP contribution in [0, 0.1) is 0 Å². The number of hydrogen-bond acceptors (Lipinski definition) is 7. The van der Waals surface area contributed by atoms with Crippen LogP contribution in [0.15, 0.2) is 18.2 Å². The molecule has 2 aliphatic heterocycles. The van der Waals surface area contributed by atoms with Crippen LogP contribution in [-0.2, 0) is 20.7 Å². The van der Waals surface area contributed by atoms with Gasteiger partial charge in [-0.2, -0.15) is 13.2 Å². The fourth-order valence-corrected chi connectivity index (χ4v) is 3.32. The highest BCUT2D eigenvalue weighted by Crippen LogP contribution is 2.31. The SMILES string of the molecule is O=C(CC(F)(F)F)N[C@H]1Cc2cccc(C(=O)OCCN3CCOCC3)c2OB1O. The first-order chi connectivity index (χ1) is 14.2. The van der Waals surface area contributed by atoms with Crippen LogP contribution in [0.3, 0.4) is 0 Å². The smallest absolute Gasteiger partial charge is 0.534 e. The second-order valence-corrected chi connectivity index (χ2v) is 7.06. The molecule has 0 spiro atoms. The number of fused-ring (bicyclic) bond motifs is 1. The molecule has 0 saturated carbocycles. The third-order valence-electron chi connectivity index (χ3n) is 4.79. The maximum atomic E-state index is 12.5. The Morgan fingerprint density at radius 1 is 1.30 bits per heavy atom. The number of hydrogen-bond donors (Lipinski definition) is 2. The summed E-state index contributed by atoms with van der Waals surface area (Å²) in [6.07, 6.45) is -6.30. The molecule has 2 heterocycles. The number of nitrogens with one attached hydrogen (secondary N) is 1. The highest BCUT2D eigenvalue weighted by Gasteiger charge is 2.40. The van der Waals surface area contributed by atoms with Crippen LogP contribution in [0.5, 0.6) is 5.75 Å². The topological polar surface area (TPSA) is 97.3 Å². The number of para-hydroxylation sites is 1. The molecule has 1 aromatic rings. The van der Waals surface area contributed by atoms with Crippen molar-refractivity contribution in [1.82, 2.24) is 10.2 Å². The van der Waals surface area contributed by atoms with Gasteiger partial charge in [0.05, 0.1) is 19.2 Å². The zero-order chi connectivity index (χ0) is 21.7. The summed E-state index contributed by atoms with van der Waals surface area (Å²) < 4.78 is 52.9. The zero-order valence-electron chi connectivity index (χ0n) is 16.1. The molecule has 30 heavy (non-hydrogen) atoms. The summed E-state index contributed by atoms with van der Waals surface area (Å²) in [5.74, 6) is -2.87. The molecule has 0 radical (unpaired) electrons. The Kier molecular flexibility index (Phi) is 7.21. The second kappa shape index (κ2) is 9.67. The summed E-state index contributed by atoms with van der Waals surface area (Å²) in [5.41, 5.74) is 0.578. The van der Waals surface area contributed by atoms with Crippen LogP contribution < -0.4 is 9.97 Å². The number of rotatable bonds is 6. The molecular formula is C18H22BF3N2O6. The lowest BCUT2D eigenvalue weighted by Gasteiger charge is -2.29. The maximum Gasteiger partial charge on any atom is 0.547 e. The van der Waals surface area contributed by atoms with E-state index in [1.165, 1.54) is 6.07 Å². The van der Waals surface area contributed by atoms with Gasteiger partial charge in [-0.3, -0.25) is 9.69 Å². The van der Waals surface area contributed by atoms with E-state index < -0.39 is 37.5 Å². The molecule has 0 aromatic heterocycles. The number of halogens is 3. The van der Waals surface area contributed by atoms with Crippen molar-refractivity contribution in [1.29, 1.82) is 0 Å². The maximum absolute atomic E-state index is 12.5. The lowest BCUT2D eigenvalue weighted by Crippen LogP contribution is -2.53. The molecule has 0 aliphatic carbocycles. The van der Waals surface area contributed by atoms with Gasteiger partial charge in [0.2, 0.25) is 5.91 Å². The van der Waals surface area contributed by atoms with Crippen LogP contribution >= 0.6 is 0 Å². The molecule has 164 valence electrons. The van der Waals surface area contributed by atoms with E-state index in [2.05, 4.69) is 10.2 Å². The Morgan fingerprint density at radius 3 is 2.73 bits per heavy atom. The second-order valence-electron chi connectivity index (χ2n) is 7.06. The van der Waals surface area contributed by atoms with Crippen LogP contribution in [0.4, 0.5) is 13.2 Å². The van der Waals surface area contributed by atoms with Gasteiger partial charge in [0.1, 0.15) is 24.3 Å². The predicted molar refractivity (Wildman–Crippen MR) is 98.9 cm³/mol. The molecule has 12 heteroatoms. The average Bonchev–Trinajstić information content (AvgIpc) is 2.67. The van der Waals surface area contributed by atoms with Crippen molar-refractivity contribution in [2.24, 2.45) is 0 Å². The van der Waals surface area contributed by atoms with Crippen molar-refractivity contribution >= 4 is 19.0 Å². The van der Waals surface area contributed by atoms with E-state index in [1.807, 2.05) is 0 Å². The largest absolute Gasteiger partial charge is 0.547 e. The van der Waals surface area contributed by atoms with E-state index >= 15 is 0 Å². The number of carbonyl (C=O) groups excluding carboxylic acids is 2. The summed E-state index contributed by atoms with van der Waals surface area (Å²) in [4.78, 5) is 26.1. The van der Waals surface area contributed by atoms with Gasteiger partial charge in [-0.1, -0.05) is 12.1 Å². The van der Waals surface area contributed by atoms with Crippen molar-refractivity contribution in [3.8, 4) is 5.75 Å². The Morgan fingerprint density at radius 2 is 2.03 bits per heavy atom. The average molecular weight is 430 g/mol. The van der Waals surface area contributed by atoms with E-state index in [4.69, 9.17) is 14.1 Å². The first-order valence-electron chi connectivity index (χ1n) is 9.53. The van der Waals surface area contributed by atoms with Crippen LogP contribution in [0.25, 0.3) is 0 Å². The molecule has 1 fully saturated rings. The van der Waals surface area contributed by atoms with Gasteiger partial charge in [0.15, 0.2) is 0 Å². The van der Waals surface area contributed by atoms with E-state index in [0.29, 0.717) is 25.3 Å². The van der Waals surface area contributed by atoms with Gasteiger partial charge >= 0.3 is 19.3 Å². The standard InChI is InChI=1S/C18H22BF3N2O6/c20-18(21,22)11-15(25)23-14-10-12-2-1-3-13(16(12)30-19(14)27)17(26)29-9-6-24-4-7-28-8-5-24/h1-3,14,27H,4-11H2,(H,23,25)/t14-/m0/s1. The molecule has 1 atom stereocenters. The first-order valence-corrected chi connectivity index (χ1v) is 9.53. The minimum atomic E-state index is -4.65. The van der Waals surface area contributed by atoms with E-state index in [1.54, 1.807) is 12.1 Å². The fourth-order valence-electron chi connectivity index (χ4n) is 3.32. The number of morpholine rings is 1. The Balaban J connectivity index is 1.59. The molecule has 1 saturated heterocycles. The summed E-state index contributed by atoms with van der Waals surface area (Å²) >= 11 is 0. The third kappa shape index (κ3) is 6.10. The van der Waals surface area contributed by atoms with Crippen LogP contribution in [-0.4, -0.2) is 80.5 Å². The van der Waals surface area contributed by atoms with E-state index in [9.17, 15) is 27.8 Å². The van der Waals surface area contributed by atoms with Gasteiger partial charge in [-0.15, -0.1) is 0 Å². The Labute approximate surface area is 171 Å². The van der Waals surface area contributed by atoms with Crippen molar-refractivity contribution in [3.05, 3.63) is 29.3 Å². The van der Waals surface area contributed by atoms with E-state index in [-0.39, 0.29) is 24.3 Å². The number of alkyl halides is 3. The van der Waals surface area contributed by atoms with Crippen molar-refractivity contribution < 1.29 is 41.9 Å². The van der Waals surface area contributed by atoms with Crippen molar-refractivity contribution in [2.75, 3.05) is 39.5 Å². The molecule has 2 N–H and O–H groups in total. The minimum absolute atomic E-state index is 0.00892. The summed E-state index contributed by atoms with van der Waals surface area (Å²) in [6, 6.07) is 4.66. The summed E-state index contributed by atoms with van der Waals surface area (Å²) in [5, 5.41) is 12.2. The lowest BCUT2D eigenvalue weighted by atomic mass is 9.72. The molecule has 3 rings (SSSR count). The van der Waals surface area contributed by atoms with Crippen molar-refractivity contribution in [2.45, 2.75) is 25.0 Å². The minimum Gasteiger partial charge on any atom is -0.534 e. The monoisotopic (exact) mass is 430 g/mol. The quantitative estimate of drug-likeness (QED) is 0.503. The van der Waals surface area contributed by atoms with Crippen molar-refractivity contribution in [3.63, 3.8) is 0 Å². The van der Waals surface area contributed by atoms with Crippen LogP contribution in [0.2, 0.25) is 0 Å². The molecule has 1 amide bonds. The molecule has 0 unspecified atom stereocenters. The molecule has 1 aromatic carbocycles. The van der Waals surface area contributed by atoms with E-state index in [0.717, 1.165) is 13.1 Å². The lowest BCUT2D eigenvalue weighted by molar-refractivity contribution is -0.154. The number of carbonyl (C=O) groups is 2. The molecule has 2 aliphatic rings. The Bertz CT molecular complexity index is 773. The molecular weight excluding hydrogens is 408 g/mol. The first kappa shape index (κ1) is 22.4. The molecule has 0 bridgehead atoms. The predicted octanol–water partition coefficient (Wildman–Crippen LogP) is 0.567. The van der Waals surface area contributed by atoms with Gasteiger partial charge in [0.25, 0.3) is 0 Å². The number of amides is 1. The molecule has 8 nitrogen and oxygen atoms in total. The van der Waals surface area contributed by atoms with Gasteiger partial charge < -0.3 is 24.5 Å². The number of esters is 1. The van der Waals surface area contributed by atoms with Crippen LogP contribution in [0.1, 0.15) is 22.3 Å². The normalized spacial score (nSPS) is 19.6. The third-order valence-corrected chi connectivity index (χ3v) is 4.79. The Hall–Kier alpha value is -2.31. The van der Waals surface area contributed by atoms with Gasteiger partial charge in [0, 0.05) is 19.6 Å². The summed E-state index contributed by atoms with van der Waals surface area (Å²) in [7, 11) is -1.60. The highest BCUT2D eigenvalue weighted by molar-refractivity contribution is 6.47. The van der Waals surface area contributed by atoms with Gasteiger partial charge in [-0.25, -0.2) is 4.79 Å². The zero-order valence-corrected chi connectivity index (χ0v) is 16.1. The summed E-state index contributed by atoms with van der Waals surface area (Å²) in [6.45, 7) is 3.51. The number of benzene rings is 1. The van der Waals surface area contributed by atoms with Gasteiger partial charge in [-0.05, 0) is 18.1 Å². The fraction of sp³-hybridized carbons (Fsp3) is 0.556. The highest BCUT2D eigenvalue weighted by atomic mass is 19.4. The number of nitrogens with zero attached hydrogens (tertiary/aromatic N) is 1. The number of ether oxygens (including phenoxy) is 2.